The molecule has 0 radical (unpaired) electrons. The third-order valence-electron chi connectivity index (χ3n) is 7.54. The number of benzene rings is 1. The molecule has 32 heavy (non-hydrogen) atoms. The quantitative estimate of drug-likeness (QED) is 0.702. The molecule has 3 N–H and O–H groups in total. The highest BCUT2D eigenvalue weighted by Crippen LogP contribution is 2.46. The Morgan fingerprint density at radius 2 is 2.06 bits per heavy atom. The van der Waals surface area contributed by atoms with Gasteiger partial charge in [-0.15, -0.1) is 0 Å². The molecule has 1 saturated heterocycles. The number of ether oxygens (including phenoxy) is 1. The van der Waals surface area contributed by atoms with E-state index in [0.717, 1.165) is 25.7 Å². The van der Waals surface area contributed by atoms with Crippen LogP contribution in [0.1, 0.15) is 62.9 Å². The van der Waals surface area contributed by atoms with E-state index in [9.17, 15) is 14.7 Å². The molecule has 1 aromatic heterocycles. The summed E-state index contributed by atoms with van der Waals surface area (Å²) < 4.78 is 23.2. The second-order valence-corrected chi connectivity index (χ2v) is 9.53. The van der Waals surface area contributed by atoms with Gasteiger partial charge in [-0.05, 0) is 31.2 Å². The number of aromatic carboxylic acids is 1. The van der Waals surface area contributed by atoms with Crippen molar-refractivity contribution in [1.82, 2.24) is 4.57 Å². The van der Waals surface area contributed by atoms with Gasteiger partial charge in [-0.1, -0.05) is 27.2 Å². The number of anilines is 1. The van der Waals surface area contributed by atoms with Gasteiger partial charge in [-0.2, -0.15) is 0 Å². The zero-order chi connectivity index (χ0) is 23.4. The number of fused-ring (bicyclic) bond motifs is 1. The highest BCUT2D eigenvalue weighted by atomic mass is 19.1. The van der Waals surface area contributed by atoms with Crippen LogP contribution in [-0.2, 0) is 0 Å². The number of carbonyl (C=O) groups is 1. The lowest BCUT2D eigenvalue weighted by Crippen LogP contribution is -2.59. The number of halogens is 1. The molecule has 3 atom stereocenters. The van der Waals surface area contributed by atoms with Crippen LogP contribution in [0.25, 0.3) is 10.9 Å². The Balaban J connectivity index is 1.98. The molecule has 3 unspecified atom stereocenters. The second-order valence-electron chi connectivity index (χ2n) is 9.53. The number of nitrogens with zero attached hydrogens (tertiary/aromatic N) is 2. The summed E-state index contributed by atoms with van der Waals surface area (Å²) in [4.78, 5) is 26.6. The van der Waals surface area contributed by atoms with Crippen LogP contribution in [-0.4, -0.2) is 41.9 Å². The van der Waals surface area contributed by atoms with Crippen molar-refractivity contribution in [2.45, 2.75) is 58.5 Å². The Morgan fingerprint density at radius 3 is 2.59 bits per heavy atom. The zero-order valence-corrected chi connectivity index (χ0v) is 19.2. The van der Waals surface area contributed by atoms with E-state index < -0.39 is 17.2 Å². The molecule has 8 heteroatoms. The molecule has 2 aromatic rings. The van der Waals surface area contributed by atoms with E-state index in [-0.39, 0.29) is 40.1 Å². The molecular weight excluding hydrogens is 413 g/mol. The van der Waals surface area contributed by atoms with Crippen LogP contribution in [0.4, 0.5) is 10.1 Å². The average molecular weight is 446 g/mol. The van der Waals surface area contributed by atoms with Crippen molar-refractivity contribution in [2.24, 2.45) is 17.1 Å². The molecule has 2 fully saturated rings. The van der Waals surface area contributed by atoms with E-state index in [1.165, 1.54) is 19.4 Å². The van der Waals surface area contributed by atoms with Crippen molar-refractivity contribution >= 4 is 22.6 Å². The number of piperidine rings is 1. The summed E-state index contributed by atoms with van der Waals surface area (Å²) in [5.41, 5.74) is 6.13. The van der Waals surface area contributed by atoms with Gasteiger partial charge in [0.05, 0.1) is 18.0 Å². The van der Waals surface area contributed by atoms with Gasteiger partial charge >= 0.3 is 5.97 Å². The lowest BCUT2D eigenvalue weighted by molar-refractivity contribution is 0.0694. The van der Waals surface area contributed by atoms with Crippen LogP contribution in [0, 0.1) is 17.2 Å². The second kappa shape index (κ2) is 8.06. The molecule has 1 saturated carbocycles. The van der Waals surface area contributed by atoms with Crippen molar-refractivity contribution in [3.63, 3.8) is 0 Å². The van der Waals surface area contributed by atoms with Crippen LogP contribution in [0.5, 0.6) is 5.75 Å². The summed E-state index contributed by atoms with van der Waals surface area (Å²) in [6.07, 6.45) is 4.85. The van der Waals surface area contributed by atoms with Crippen LogP contribution < -0.4 is 20.8 Å². The molecule has 174 valence electrons. The van der Waals surface area contributed by atoms with Gasteiger partial charge in [0.1, 0.15) is 11.3 Å². The SMILES string of the molecule is CCC1CN(c2c(F)cc3c(=O)c(C(=O)O)cn(C4CC4)c3c2OC)CC(C)(CC)C1N. The molecule has 1 aromatic carbocycles. The lowest BCUT2D eigenvalue weighted by atomic mass is 9.70. The normalized spacial score (nSPS) is 25.9. The minimum atomic E-state index is -1.32. The number of carboxylic acids is 1. The first-order valence-electron chi connectivity index (χ1n) is 11.4. The molecule has 2 heterocycles. The number of rotatable bonds is 6. The summed E-state index contributed by atoms with van der Waals surface area (Å²) in [6.45, 7) is 7.49. The lowest BCUT2D eigenvalue weighted by Gasteiger charge is -2.50. The minimum absolute atomic E-state index is 0.00558. The topological polar surface area (TPSA) is 97.8 Å². The van der Waals surface area contributed by atoms with Gasteiger partial charge < -0.3 is 25.0 Å². The maximum absolute atomic E-state index is 15.6. The highest BCUT2D eigenvalue weighted by Gasteiger charge is 2.43. The van der Waals surface area contributed by atoms with Gasteiger partial charge in [0.15, 0.2) is 11.6 Å². The fourth-order valence-corrected chi connectivity index (χ4v) is 5.20. The summed E-state index contributed by atoms with van der Waals surface area (Å²) in [5.74, 6) is -1.43. The van der Waals surface area contributed by atoms with Gasteiger partial charge in [-0.3, -0.25) is 4.79 Å². The van der Waals surface area contributed by atoms with Gasteiger partial charge in [0.2, 0.25) is 5.43 Å². The van der Waals surface area contributed by atoms with E-state index in [4.69, 9.17) is 10.5 Å². The Hall–Kier alpha value is -2.61. The predicted molar refractivity (Wildman–Crippen MR) is 122 cm³/mol. The van der Waals surface area contributed by atoms with Crippen LogP contribution >= 0.6 is 0 Å². The molecule has 2 aliphatic rings. The smallest absolute Gasteiger partial charge is 0.341 e. The zero-order valence-electron chi connectivity index (χ0n) is 19.2. The fourth-order valence-electron chi connectivity index (χ4n) is 5.20. The number of nitrogens with two attached hydrogens (primary N) is 1. The number of methoxy groups -OCH3 is 1. The Labute approximate surface area is 187 Å². The molecular formula is C24H32FN3O4. The number of hydrogen-bond acceptors (Lipinski definition) is 5. The van der Waals surface area contributed by atoms with Gasteiger partial charge in [0, 0.05) is 36.8 Å². The molecule has 4 rings (SSSR count). The van der Waals surface area contributed by atoms with Crippen LogP contribution in [0.2, 0.25) is 0 Å². The first-order chi connectivity index (χ1) is 15.2. The summed E-state index contributed by atoms with van der Waals surface area (Å²) in [7, 11) is 1.47. The van der Waals surface area contributed by atoms with E-state index >= 15 is 4.39 Å². The monoisotopic (exact) mass is 445 g/mol. The number of pyridine rings is 1. The molecule has 0 spiro atoms. The summed E-state index contributed by atoms with van der Waals surface area (Å²) in [6, 6.07) is 1.26. The maximum atomic E-state index is 15.6. The highest BCUT2D eigenvalue weighted by molar-refractivity contribution is 5.97. The van der Waals surface area contributed by atoms with E-state index in [2.05, 4.69) is 20.8 Å². The third-order valence-corrected chi connectivity index (χ3v) is 7.54. The molecule has 7 nitrogen and oxygen atoms in total. The van der Waals surface area contributed by atoms with Crippen molar-refractivity contribution in [3.05, 3.63) is 33.9 Å². The van der Waals surface area contributed by atoms with E-state index in [1.54, 1.807) is 4.57 Å². The van der Waals surface area contributed by atoms with Crippen molar-refractivity contribution < 1.29 is 19.0 Å². The van der Waals surface area contributed by atoms with Crippen LogP contribution in [0.15, 0.2) is 17.1 Å². The van der Waals surface area contributed by atoms with Gasteiger partial charge in [-0.25, -0.2) is 9.18 Å². The Kier molecular flexibility index (Phi) is 5.69. The van der Waals surface area contributed by atoms with E-state index in [1.807, 2.05) is 4.90 Å². The first-order valence-corrected chi connectivity index (χ1v) is 11.4. The van der Waals surface area contributed by atoms with Gasteiger partial charge in [0.25, 0.3) is 0 Å². The standard InChI is InChI=1S/C24H32FN3O4/c1-5-13-10-27(12-24(3,6-2)22(13)26)19-17(25)9-15-18(21(19)32-4)28(14-7-8-14)11-16(20(15)29)23(30)31/h9,11,13-14,22H,5-8,10,12,26H2,1-4H3,(H,30,31). The molecule has 1 aliphatic carbocycles. The summed E-state index contributed by atoms with van der Waals surface area (Å²) >= 11 is 0. The minimum Gasteiger partial charge on any atom is -0.492 e. The number of aromatic nitrogens is 1. The maximum Gasteiger partial charge on any atom is 0.341 e. The number of hydrogen-bond donors (Lipinski definition) is 2. The first kappa shape index (κ1) is 22.6. The largest absolute Gasteiger partial charge is 0.492 e. The predicted octanol–water partition coefficient (Wildman–Crippen LogP) is 3.77. The number of carboxylic acid groups (broad SMARTS) is 1. The molecule has 1 aliphatic heterocycles. The van der Waals surface area contributed by atoms with E-state index in [0.29, 0.717) is 24.3 Å². The molecule has 0 bridgehead atoms. The summed E-state index contributed by atoms with van der Waals surface area (Å²) in [5, 5.41) is 9.55. The third kappa shape index (κ3) is 3.45. The van der Waals surface area contributed by atoms with Crippen LogP contribution in [0.3, 0.4) is 0 Å². The Morgan fingerprint density at radius 1 is 1.38 bits per heavy atom. The fraction of sp³-hybridized carbons (Fsp3) is 0.583. The van der Waals surface area contributed by atoms with Crippen molar-refractivity contribution in [1.29, 1.82) is 0 Å². The van der Waals surface area contributed by atoms with Crippen molar-refractivity contribution in [3.8, 4) is 5.75 Å². The molecule has 0 amide bonds. The Bertz CT molecular complexity index is 1130. The van der Waals surface area contributed by atoms with Crippen molar-refractivity contribution in [2.75, 3.05) is 25.1 Å². The average Bonchev–Trinajstić information content (AvgIpc) is 3.60.